The second kappa shape index (κ2) is 9.78. The second-order valence-corrected chi connectivity index (χ2v) is 6.94. The van der Waals surface area contributed by atoms with Crippen LogP contribution in [-0.2, 0) is 6.42 Å². The lowest BCUT2D eigenvalue weighted by molar-refractivity contribution is 0.102. The molecule has 4 aromatic rings. The van der Waals surface area contributed by atoms with E-state index in [9.17, 15) is 4.79 Å². The highest BCUT2D eigenvalue weighted by Crippen LogP contribution is 2.25. The van der Waals surface area contributed by atoms with Gasteiger partial charge in [0, 0.05) is 11.9 Å². The molecule has 4 rings (SSSR count). The minimum atomic E-state index is -0.218. The fourth-order valence-electron chi connectivity index (χ4n) is 3.29. The third kappa shape index (κ3) is 4.78. The van der Waals surface area contributed by atoms with Crippen LogP contribution >= 0.6 is 0 Å². The maximum atomic E-state index is 12.9. The molecule has 7 heteroatoms. The van der Waals surface area contributed by atoms with Crippen molar-refractivity contribution in [1.82, 2.24) is 14.8 Å². The Balaban J connectivity index is 1.43. The molecule has 0 bridgehead atoms. The van der Waals surface area contributed by atoms with Gasteiger partial charge in [0.25, 0.3) is 5.91 Å². The largest absolute Gasteiger partial charge is 0.494 e. The number of rotatable bonds is 8. The number of amides is 1. The normalized spacial score (nSPS) is 10.6. The summed E-state index contributed by atoms with van der Waals surface area (Å²) in [5, 5.41) is 7.29. The van der Waals surface area contributed by atoms with Gasteiger partial charge in [-0.1, -0.05) is 13.0 Å². The van der Waals surface area contributed by atoms with Crippen LogP contribution in [0.5, 0.6) is 17.2 Å². The Kier molecular flexibility index (Phi) is 6.46. The first-order chi connectivity index (χ1) is 15.7. The van der Waals surface area contributed by atoms with Gasteiger partial charge in [-0.15, -0.1) is 0 Å². The first kappa shape index (κ1) is 21.1. The third-order valence-electron chi connectivity index (χ3n) is 4.80. The lowest BCUT2D eigenvalue weighted by Crippen LogP contribution is -2.14. The van der Waals surface area contributed by atoms with Crippen LogP contribution in [0.1, 0.15) is 29.9 Å². The zero-order chi connectivity index (χ0) is 22.3. The molecular formula is C25H24N4O3. The molecule has 0 saturated heterocycles. The molecule has 1 amide bonds. The zero-order valence-electron chi connectivity index (χ0n) is 18.0. The summed E-state index contributed by atoms with van der Waals surface area (Å²) in [6.45, 7) is 4.55. The summed E-state index contributed by atoms with van der Waals surface area (Å²) >= 11 is 0. The van der Waals surface area contributed by atoms with Crippen molar-refractivity contribution in [1.29, 1.82) is 0 Å². The Hall–Kier alpha value is -4.13. The number of aromatic nitrogens is 3. The van der Waals surface area contributed by atoms with Crippen molar-refractivity contribution in [3.63, 3.8) is 0 Å². The van der Waals surface area contributed by atoms with E-state index in [1.165, 1.54) is 0 Å². The standard InChI is InChI=1S/C25H24N4O3/c1-3-23-22(17-27-29(23)24-7-5-6-16-26-24)25(30)28-18-8-10-20(11-9-18)32-21-14-12-19(13-15-21)31-4-2/h5-17H,3-4H2,1-2H3,(H,28,30). The molecular weight excluding hydrogens is 404 g/mol. The van der Waals surface area contributed by atoms with Crippen molar-refractivity contribution in [2.24, 2.45) is 0 Å². The summed E-state index contributed by atoms with van der Waals surface area (Å²) in [5.74, 6) is 2.64. The van der Waals surface area contributed by atoms with E-state index >= 15 is 0 Å². The topological polar surface area (TPSA) is 78.3 Å². The molecule has 0 atom stereocenters. The maximum Gasteiger partial charge on any atom is 0.259 e. The summed E-state index contributed by atoms with van der Waals surface area (Å²) < 4.78 is 13.0. The Morgan fingerprint density at radius 3 is 2.25 bits per heavy atom. The summed E-state index contributed by atoms with van der Waals surface area (Å²) in [6.07, 6.45) is 3.92. The number of carbonyl (C=O) groups is 1. The molecule has 0 saturated carbocycles. The van der Waals surface area contributed by atoms with Crippen molar-refractivity contribution in [2.45, 2.75) is 20.3 Å². The number of nitrogens with one attached hydrogen (secondary N) is 1. The van der Waals surface area contributed by atoms with Gasteiger partial charge in [0.1, 0.15) is 17.2 Å². The molecule has 0 fully saturated rings. The smallest absolute Gasteiger partial charge is 0.259 e. The Bertz CT molecular complexity index is 1170. The predicted octanol–water partition coefficient (Wildman–Crippen LogP) is 5.27. The molecule has 2 heterocycles. The van der Waals surface area contributed by atoms with Crippen molar-refractivity contribution < 1.29 is 14.3 Å². The minimum Gasteiger partial charge on any atom is -0.494 e. The molecule has 0 radical (unpaired) electrons. The van der Waals surface area contributed by atoms with E-state index < -0.39 is 0 Å². The maximum absolute atomic E-state index is 12.9. The highest BCUT2D eigenvalue weighted by atomic mass is 16.5. The van der Waals surface area contributed by atoms with Crippen LogP contribution in [0.3, 0.4) is 0 Å². The fraction of sp³-hybridized carbons (Fsp3) is 0.160. The number of carbonyl (C=O) groups excluding carboxylic acids is 1. The summed E-state index contributed by atoms with van der Waals surface area (Å²) in [4.78, 5) is 17.2. The number of nitrogens with zero attached hydrogens (tertiary/aromatic N) is 3. The molecule has 32 heavy (non-hydrogen) atoms. The van der Waals surface area contributed by atoms with Crippen molar-refractivity contribution in [3.05, 3.63) is 90.4 Å². The van der Waals surface area contributed by atoms with Crippen LogP contribution in [0.4, 0.5) is 5.69 Å². The van der Waals surface area contributed by atoms with E-state index in [2.05, 4.69) is 15.4 Å². The van der Waals surface area contributed by atoms with Gasteiger partial charge in [-0.25, -0.2) is 9.67 Å². The van der Waals surface area contributed by atoms with Crippen molar-refractivity contribution in [2.75, 3.05) is 11.9 Å². The predicted molar refractivity (Wildman–Crippen MR) is 123 cm³/mol. The fourth-order valence-corrected chi connectivity index (χ4v) is 3.29. The van der Waals surface area contributed by atoms with Crippen molar-refractivity contribution >= 4 is 11.6 Å². The van der Waals surface area contributed by atoms with Crippen LogP contribution < -0.4 is 14.8 Å². The second-order valence-electron chi connectivity index (χ2n) is 6.94. The lowest BCUT2D eigenvalue weighted by atomic mass is 10.2. The number of benzene rings is 2. The van der Waals surface area contributed by atoms with Crippen LogP contribution in [0.15, 0.2) is 79.1 Å². The van der Waals surface area contributed by atoms with Crippen LogP contribution in [0, 0.1) is 0 Å². The van der Waals surface area contributed by atoms with Crippen LogP contribution in [0.25, 0.3) is 5.82 Å². The number of pyridine rings is 1. The molecule has 0 aliphatic carbocycles. The van der Waals surface area contributed by atoms with E-state index in [-0.39, 0.29) is 5.91 Å². The van der Waals surface area contributed by atoms with Gasteiger partial charge in [0.2, 0.25) is 0 Å². The number of anilines is 1. The molecule has 0 aliphatic heterocycles. The van der Waals surface area contributed by atoms with Crippen LogP contribution in [-0.4, -0.2) is 27.3 Å². The molecule has 0 spiro atoms. The molecule has 0 aliphatic rings. The van der Waals surface area contributed by atoms with Crippen molar-refractivity contribution in [3.8, 4) is 23.1 Å². The molecule has 2 aromatic heterocycles. The molecule has 0 unspecified atom stereocenters. The molecule has 162 valence electrons. The lowest BCUT2D eigenvalue weighted by Gasteiger charge is -2.10. The number of hydrogen-bond donors (Lipinski definition) is 1. The van der Waals surface area contributed by atoms with Gasteiger partial charge in [-0.3, -0.25) is 4.79 Å². The monoisotopic (exact) mass is 428 g/mol. The molecule has 2 aromatic carbocycles. The van der Waals surface area contributed by atoms with Crippen LogP contribution in [0.2, 0.25) is 0 Å². The highest BCUT2D eigenvalue weighted by Gasteiger charge is 2.17. The van der Waals surface area contributed by atoms with Gasteiger partial charge in [-0.2, -0.15) is 5.10 Å². The number of hydrogen-bond acceptors (Lipinski definition) is 5. The first-order valence-corrected chi connectivity index (χ1v) is 10.5. The minimum absolute atomic E-state index is 0.218. The van der Waals surface area contributed by atoms with E-state index in [1.807, 2.05) is 68.4 Å². The first-order valence-electron chi connectivity index (χ1n) is 10.5. The Labute approximate surface area is 186 Å². The Morgan fingerprint density at radius 2 is 1.62 bits per heavy atom. The summed E-state index contributed by atoms with van der Waals surface area (Å²) in [6, 6.07) is 20.3. The zero-order valence-corrected chi connectivity index (χ0v) is 18.0. The van der Waals surface area contributed by atoms with E-state index in [0.717, 1.165) is 11.4 Å². The SMILES string of the molecule is CCOc1ccc(Oc2ccc(NC(=O)c3cnn(-c4ccccn4)c3CC)cc2)cc1. The highest BCUT2D eigenvalue weighted by molar-refractivity contribution is 6.05. The quantitative estimate of drug-likeness (QED) is 0.413. The summed E-state index contributed by atoms with van der Waals surface area (Å²) in [5.41, 5.74) is 1.99. The third-order valence-corrected chi connectivity index (χ3v) is 4.80. The summed E-state index contributed by atoms with van der Waals surface area (Å²) in [7, 11) is 0. The Morgan fingerprint density at radius 1 is 0.938 bits per heavy atom. The number of ether oxygens (including phenoxy) is 2. The average molecular weight is 428 g/mol. The van der Waals surface area contributed by atoms with E-state index in [1.54, 1.807) is 29.2 Å². The van der Waals surface area contributed by atoms with Gasteiger partial charge in [0.05, 0.1) is 24.1 Å². The van der Waals surface area contributed by atoms with Gasteiger partial charge in [-0.05, 0) is 74.0 Å². The van der Waals surface area contributed by atoms with Gasteiger partial charge in [0.15, 0.2) is 5.82 Å². The van der Waals surface area contributed by atoms with E-state index in [0.29, 0.717) is 41.6 Å². The average Bonchev–Trinajstić information content (AvgIpc) is 3.27. The molecule has 7 nitrogen and oxygen atoms in total. The van der Waals surface area contributed by atoms with Gasteiger partial charge < -0.3 is 14.8 Å². The van der Waals surface area contributed by atoms with Gasteiger partial charge >= 0.3 is 0 Å². The molecule has 1 N–H and O–H groups in total. The van der Waals surface area contributed by atoms with E-state index in [4.69, 9.17) is 9.47 Å².